The lowest BCUT2D eigenvalue weighted by molar-refractivity contribution is 0.653. The topological polar surface area (TPSA) is 94.3 Å². The van der Waals surface area contributed by atoms with E-state index in [1.165, 1.54) is 0 Å². The van der Waals surface area contributed by atoms with Crippen LogP contribution in [0.5, 0.6) is 0 Å². The first-order valence-corrected chi connectivity index (χ1v) is 12.4. The summed E-state index contributed by atoms with van der Waals surface area (Å²) in [7, 11) is 0. The minimum atomic E-state index is -0.133. The van der Waals surface area contributed by atoms with E-state index in [4.69, 9.17) is 11.6 Å². The van der Waals surface area contributed by atoms with Crippen LogP contribution in [0.1, 0.15) is 37.4 Å². The van der Waals surface area contributed by atoms with Crippen LogP contribution >= 0.6 is 11.6 Å². The number of nitrogens with zero attached hydrogens (tertiary/aromatic N) is 6. The number of hydrogen-bond donors (Lipinski definition) is 1. The Labute approximate surface area is 213 Å². The maximum absolute atomic E-state index is 13.5. The molecule has 5 rings (SSSR count). The molecule has 0 aliphatic rings. The van der Waals surface area contributed by atoms with Crippen LogP contribution in [0.2, 0.25) is 5.15 Å². The molecule has 0 radical (unpaired) electrons. The Morgan fingerprint density at radius 2 is 1.78 bits per heavy atom. The molecule has 0 spiro atoms. The Bertz CT molecular complexity index is 1490. The summed E-state index contributed by atoms with van der Waals surface area (Å²) in [5, 5.41) is 14.8. The third-order valence-corrected chi connectivity index (χ3v) is 6.56. The van der Waals surface area contributed by atoms with E-state index in [2.05, 4.69) is 32.5 Å². The highest BCUT2D eigenvalue weighted by atomic mass is 35.5. The normalized spacial score (nSPS) is 11.2. The van der Waals surface area contributed by atoms with Crippen molar-refractivity contribution in [3.8, 4) is 28.3 Å². The van der Waals surface area contributed by atoms with Gasteiger partial charge in [-0.2, -0.15) is 5.21 Å². The number of tetrazole rings is 1. The van der Waals surface area contributed by atoms with Crippen LogP contribution in [-0.4, -0.2) is 34.7 Å². The molecular formula is C27H26ClN7O. The molecule has 0 saturated carbocycles. The number of hydrogen-bond acceptors (Lipinski definition) is 5. The Balaban J connectivity index is 1.48. The summed E-state index contributed by atoms with van der Waals surface area (Å²) in [6, 6.07) is 21.3. The summed E-state index contributed by atoms with van der Waals surface area (Å²) >= 11 is 6.80. The fourth-order valence-electron chi connectivity index (χ4n) is 4.35. The van der Waals surface area contributed by atoms with Crippen LogP contribution < -0.4 is 5.69 Å². The molecule has 182 valence electrons. The van der Waals surface area contributed by atoms with Crippen molar-refractivity contribution in [1.29, 1.82) is 0 Å². The number of benzene rings is 2. The predicted octanol–water partition coefficient (Wildman–Crippen LogP) is 5.32. The van der Waals surface area contributed by atoms with E-state index >= 15 is 0 Å². The van der Waals surface area contributed by atoms with Crippen molar-refractivity contribution >= 4 is 11.6 Å². The van der Waals surface area contributed by atoms with Gasteiger partial charge in [-0.05, 0) is 47.9 Å². The first kappa shape index (κ1) is 23.7. The van der Waals surface area contributed by atoms with Gasteiger partial charge in [-0.15, -0.1) is 10.2 Å². The third kappa shape index (κ3) is 4.72. The molecule has 9 heteroatoms. The van der Waals surface area contributed by atoms with Gasteiger partial charge < -0.3 is 0 Å². The van der Waals surface area contributed by atoms with Gasteiger partial charge >= 0.3 is 5.69 Å². The highest BCUT2D eigenvalue weighted by Gasteiger charge is 2.20. The Hall–Kier alpha value is -4.04. The van der Waals surface area contributed by atoms with Crippen LogP contribution in [0, 0.1) is 0 Å². The fraction of sp³-hybridized carbons (Fsp3) is 0.222. The lowest BCUT2D eigenvalue weighted by atomic mass is 10.0. The zero-order valence-electron chi connectivity index (χ0n) is 19.9. The van der Waals surface area contributed by atoms with Gasteiger partial charge in [0, 0.05) is 17.3 Å². The maximum atomic E-state index is 13.5. The largest absolute Gasteiger partial charge is 0.334 e. The number of rotatable bonds is 9. The average Bonchev–Trinajstić information content (AvgIpc) is 3.53. The number of nitrogens with one attached hydrogen (secondary N) is 1. The second kappa shape index (κ2) is 10.7. The van der Waals surface area contributed by atoms with Crippen molar-refractivity contribution in [2.45, 2.75) is 39.2 Å². The van der Waals surface area contributed by atoms with Crippen molar-refractivity contribution in [2.75, 3.05) is 0 Å². The fourth-order valence-corrected chi connectivity index (χ4v) is 4.71. The molecule has 36 heavy (non-hydrogen) atoms. The predicted molar refractivity (Wildman–Crippen MR) is 140 cm³/mol. The van der Waals surface area contributed by atoms with E-state index in [9.17, 15) is 4.79 Å². The minimum Gasteiger partial charge on any atom is -0.290 e. The third-order valence-electron chi connectivity index (χ3n) is 6.18. The van der Waals surface area contributed by atoms with E-state index in [0.717, 1.165) is 59.4 Å². The molecule has 0 atom stereocenters. The van der Waals surface area contributed by atoms with Gasteiger partial charge in [0.2, 0.25) is 5.82 Å². The zero-order chi connectivity index (χ0) is 24.9. The van der Waals surface area contributed by atoms with E-state index in [-0.39, 0.29) is 5.69 Å². The maximum Gasteiger partial charge on any atom is 0.334 e. The van der Waals surface area contributed by atoms with Crippen LogP contribution in [0.25, 0.3) is 28.3 Å². The molecule has 8 nitrogen and oxygen atoms in total. The Kier molecular flexibility index (Phi) is 7.04. The van der Waals surface area contributed by atoms with Gasteiger partial charge in [-0.1, -0.05) is 73.8 Å². The number of unbranched alkanes of at least 4 members (excludes halogenated alkanes) is 2. The molecule has 5 aromatic rings. The second-order valence-electron chi connectivity index (χ2n) is 8.57. The van der Waals surface area contributed by atoms with Gasteiger partial charge in [0.25, 0.3) is 0 Å². The molecule has 0 bridgehead atoms. The summed E-state index contributed by atoms with van der Waals surface area (Å²) in [6.45, 7) is 2.59. The van der Waals surface area contributed by atoms with E-state index in [1.54, 1.807) is 15.3 Å². The lowest BCUT2D eigenvalue weighted by Crippen LogP contribution is -2.24. The number of para-hydroxylation sites is 1. The zero-order valence-corrected chi connectivity index (χ0v) is 20.7. The first-order valence-electron chi connectivity index (χ1n) is 12.0. The second-order valence-corrected chi connectivity index (χ2v) is 8.92. The smallest absolute Gasteiger partial charge is 0.290 e. The number of pyridine rings is 1. The minimum absolute atomic E-state index is 0.133. The molecule has 3 aromatic heterocycles. The van der Waals surface area contributed by atoms with Gasteiger partial charge in [0.05, 0.1) is 23.6 Å². The summed E-state index contributed by atoms with van der Waals surface area (Å²) in [5.74, 6) is 0.488. The van der Waals surface area contributed by atoms with Gasteiger partial charge in [-0.25, -0.2) is 4.79 Å². The Morgan fingerprint density at radius 1 is 0.972 bits per heavy atom. The van der Waals surface area contributed by atoms with Gasteiger partial charge in [-0.3, -0.25) is 14.1 Å². The van der Waals surface area contributed by atoms with Crippen LogP contribution in [0.4, 0.5) is 0 Å². The highest BCUT2D eigenvalue weighted by Crippen LogP contribution is 2.28. The van der Waals surface area contributed by atoms with Crippen molar-refractivity contribution in [1.82, 2.24) is 34.7 Å². The molecule has 3 heterocycles. The van der Waals surface area contributed by atoms with Crippen molar-refractivity contribution in [3.63, 3.8) is 0 Å². The summed E-state index contributed by atoms with van der Waals surface area (Å²) < 4.78 is 3.40. The molecule has 2 aromatic carbocycles. The molecular weight excluding hydrogens is 474 g/mol. The number of halogens is 1. The molecule has 0 unspecified atom stereocenters. The van der Waals surface area contributed by atoms with Crippen LogP contribution in [-0.2, 0) is 13.0 Å². The standard InChI is InChI=1S/C27H26ClN7O/c1-2-3-5-12-23-25(28)35(21-9-6-4-7-10-21)27(36)34(23)18-19-13-15-20(16-14-19)24-22(11-8-17-29-24)26-30-32-33-31-26/h4,6-11,13-17H,2-3,5,12,18H2,1H3,(H,30,31,32,33). The van der Waals surface area contributed by atoms with Crippen molar-refractivity contribution in [2.24, 2.45) is 0 Å². The SMILES string of the molecule is CCCCCc1c(Cl)n(-c2ccccc2)c(=O)n1Cc1ccc(-c2ncccc2-c2nn[nH]n2)cc1. The molecule has 0 amide bonds. The summed E-state index contributed by atoms with van der Waals surface area (Å²) in [4.78, 5) is 18.1. The van der Waals surface area contributed by atoms with Crippen LogP contribution in [0.15, 0.2) is 77.7 Å². The van der Waals surface area contributed by atoms with E-state index in [1.807, 2.05) is 66.7 Å². The first-order chi connectivity index (χ1) is 17.7. The number of H-pyrrole nitrogens is 1. The van der Waals surface area contributed by atoms with Gasteiger partial charge in [0.15, 0.2) is 0 Å². The molecule has 0 fully saturated rings. The Morgan fingerprint density at radius 3 is 2.50 bits per heavy atom. The van der Waals surface area contributed by atoms with Crippen molar-refractivity contribution < 1.29 is 0 Å². The summed E-state index contributed by atoms with van der Waals surface area (Å²) in [5.41, 5.74) is 4.98. The van der Waals surface area contributed by atoms with Crippen LogP contribution in [0.3, 0.4) is 0 Å². The molecule has 0 aliphatic carbocycles. The van der Waals surface area contributed by atoms with E-state index in [0.29, 0.717) is 17.5 Å². The number of imidazole rings is 1. The molecule has 1 N–H and O–H groups in total. The van der Waals surface area contributed by atoms with E-state index < -0.39 is 0 Å². The van der Waals surface area contributed by atoms with Gasteiger partial charge in [0.1, 0.15) is 5.15 Å². The van der Waals surface area contributed by atoms with Crippen molar-refractivity contribution in [3.05, 3.63) is 99.8 Å². The monoisotopic (exact) mass is 499 g/mol. The highest BCUT2D eigenvalue weighted by molar-refractivity contribution is 6.30. The number of aromatic nitrogens is 7. The quantitative estimate of drug-likeness (QED) is 0.277. The average molecular weight is 500 g/mol. The number of aromatic amines is 1. The molecule has 0 saturated heterocycles. The lowest BCUT2D eigenvalue weighted by Gasteiger charge is -2.10. The summed E-state index contributed by atoms with van der Waals surface area (Å²) in [6.07, 6.45) is 5.65. The molecule has 0 aliphatic heterocycles.